The van der Waals surface area contributed by atoms with Gasteiger partial charge in [0, 0.05) is 6.07 Å². The predicted molar refractivity (Wildman–Crippen MR) is 61.6 cm³/mol. The van der Waals surface area contributed by atoms with Gasteiger partial charge in [-0.2, -0.15) is 0 Å². The summed E-state index contributed by atoms with van der Waals surface area (Å²) >= 11 is 0. The van der Waals surface area contributed by atoms with Crippen LogP contribution in [0.3, 0.4) is 0 Å². The van der Waals surface area contributed by atoms with Crippen molar-refractivity contribution in [2.24, 2.45) is 0 Å². The summed E-state index contributed by atoms with van der Waals surface area (Å²) in [6.45, 7) is 3.31. The van der Waals surface area contributed by atoms with Crippen LogP contribution in [0.5, 0.6) is 0 Å². The molecule has 0 aliphatic carbocycles. The van der Waals surface area contributed by atoms with Crippen LogP contribution >= 0.6 is 0 Å². The Morgan fingerprint density at radius 2 is 2.11 bits per heavy atom. The van der Waals surface area contributed by atoms with E-state index in [9.17, 15) is 8.78 Å². The van der Waals surface area contributed by atoms with Crippen molar-refractivity contribution in [2.75, 3.05) is 6.54 Å². The van der Waals surface area contributed by atoms with Gasteiger partial charge in [-0.15, -0.1) is 10.2 Å². The number of benzene rings is 1. The molecule has 2 rings (SSSR count). The number of aromatic nitrogens is 2. The Morgan fingerprint density at radius 1 is 1.28 bits per heavy atom. The molecule has 0 radical (unpaired) electrons. The van der Waals surface area contributed by atoms with Crippen molar-refractivity contribution in [3.63, 3.8) is 0 Å². The zero-order valence-corrected chi connectivity index (χ0v) is 9.91. The molecule has 0 unspecified atom stereocenters. The van der Waals surface area contributed by atoms with E-state index in [-0.39, 0.29) is 11.5 Å². The van der Waals surface area contributed by atoms with E-state index in [2.05, 4.69) is 15.5 Å². The fourth-order valence-corrected chi connectivity index (χ4v) is 1.47. The van der Waals surface area contributed by atoms with Gasteiger partial charge in [-0.25, -0.2) is 8.78 Å². The number of nitrogens with one attached hydrogen (secondary N) is 1. The van der Waals surface area contributed by atoms with Crippen LogP contribution in [0.25, 0.3) is 11.5 Å². The van der Waals surface area contributed by atoms with Gasteiger partial charge in [0.15, 0.2) is 0 Å². The highest BCUT2D eigenvalue weighted by Gasteiger charge is 2.13. The van der Waals surface area contributed by atoms with E-state index in [4.69, 9.17) is 4.42 Å². The molecule has 1 aromatic heterocycles. The Balaban J connectivity index is 2.13. The summed E-state index contributed by atoms with van der Waals surface area (Å²) in [5.74, 6) is -0.921. The third kappa shape index (κ3) is 2.89. The van der Waals surface area contributed by atoms with E-state index in [1.54, 1.807) is 0 Å². The molecule has 0 bridgehead atoms. The maximum atomic E-state index is 13.5. The molecule has 0 saturated carbocycles. The largest absolute Gasteiger partial charge is 0.419 e. The van der Waals surface area contributed by atoms with E-state index in [1.807, 2.05) is 6.92 Å². The van der Waals surface area contributed by atoms with Gasteiger partial charge in [-0.1, -0.05) is 6.92 Å². The lowest BCUT2D eigenvalue weighted by Crippen LogP contribution is -2.13. The molecule has 6 heteroatoms. The molecule has 2 aromatic rings. The molecule has 0 atom stereocenters. The second kappa shape index (κ2) is 5.68. The third-order valence-electron chi connectivity index (χ3n) is 2.33. The van der Waals surface area contributed by atoms with Gasteiger partial charge in [0.1, 0.15) is 11.6 Å². The summed E-state index contributed by atoms with van der Waals surface area (Å²) in [4.78, 5) is 0. The molecule has 1 heterocycles. The molecule has 4 nitrogen and oxygen atoms in total. The lowest BCUT2D eigenvalue weighted by atomic mass is 10.2. The average molecular weight is 253 g/mol. The van der Waals surface area contributed by atoms with Gasteiger partial charge in [-0.3, -0.25) is 0 Å². The van der Waals surface area contributed by atoms with Crippen molar-refractivity contribution in [3.8, 4) is 11.5 Å². The van der Waals surface area contributed by atoms with Crippen molar-refractivity contribution in [2.45, 2.75) is 19.9 Å². The Bertz CT molecular complexity index is 528. The maximum Gasteiger partial charge on any atom is 0.250 e. The Morgan fingerprint density at radius 3 is 2.83 bits per heavy atom. The van der Waals surface area contributed by atoms with Gasteiger partial charge in [0.25, 0.3) is 5.89 Å². The van der Waals surface area contributed by atoms with E-state index >= 15 is 0 Å². The lowest BCUT2D eigenvalue weighted by molar-refractivity contribution is 0.474. The number of hydrogen-bond donors (Lipinski definition) is 1. The van der Waals surface area contributed by atoms with Gasteiger partial charge >= 0.3 is 0 Å². The van der Waals surface area contributed by atoms with Crippen LogP contribution in [-0.4, -0.2) is 16.7 Å². The second-order valence-corrected chi connectivity index (χ2v) is 3.80. The van der Waals surface area contributed by atoms with Crippen LogP contribution in [0, 0.1) is 11.6 Å². The van der Waals surface area contributed by atoms with Crippen molar-refractivity contribution in [1.29, 1.82) is 0 Å². The van der Waals surface area contributed by atoms with Crippen LogP contribution in [-0.2, 0) is 6.54 Å². The SMILES string of the molecule is CCCNCc1nnc(-c2ccc(F)cc2F)o1. The van der Waals surface area contributed by atoms with E-state index in [0.717, 1.165) is 25.1 Å². The minimum atomic E-state index is -0.716. The molecular formula is C12H13F2N3O. The van der Waals surface area contributed by atoms with Crippen LogP contribution in [0.15, 0.2) is 22.6 Å². The summed E-state index contributed by atoms with van der Waals surface area (Å²) in [6, 6.07) is 3.22. The van der Waals surface area contributed by atoms with Crippen LogP contribution < -0.4 is 5.32 Å². The maximum absolute atomic E-state index is 13.5. The van der Waals surface area contributed by atoms with Crippen LogP contribution in [0.1, 0.15) is 19.2 Å². The normalized spacial score (nSPS) is 10.8. The smallest absolute Gasteiger partial charge is 0.250 e. The average Bonchev–Trinajstić information content (AvgIpc) is 2.78. The number of hydrogen-bond acceptors (Lipinski definition) is 4. The Labute approximate surface area is 103 Å². The first-order valence-corrected chi connectivity index (χ1v) is 5.69. The Kier molecular flexibility index (Phi) is 3.99. The molecule has 0 spiro atoms. The molecule has 1 N–H and O–H groups in total. The van der Waals surface area contributed by atoms with Crippen molar-refractivity contribution < 1.29 is 13.2 Å². The molecule has 0 fully saturated rings. The summed E-state index contributed by atoms with van der Waals surface area (Å²) in [5, 5.41) is 10.6. The highest BCUT2D eigenvalue weighted by Crippen LogP contribution is 2.21. The minimum Gasteiger partial charge on any atom is -0.419 e. The lowest BCUT2D eigenvalue weighted by Gasteiger charge is -1.98. The monoisotopic (exact) mass is 253 g/mol. The molecular weight excluding hydrogens is 240 g/mol. The van der Waals surface area contributed by atoms with Crippen LogP contribution in [0.2, 0.25) is 0 Å². The highest BCUT2D eigenvalue weighted by molar-refractivity contribution is 5.53. The van der Waals surface area contributed by atoms with Gasteiger partial charge in [0.2, 0.25) is 5.89 Å². The summed E-state index contributed by atoms with van der Waals surface area (Å²) in [5.41, 5.74) is 0.102. The van der Waals surface area contributed by atoms with Crippen molar-refractivity contribution in [3.05, 3.63) is 35.7 Å². The quantitative estimate of drug-likeness (QED) is 0.832. The predicted octanol–water partition coefficient (Wildman–Crippen LogP) is 2.51. The van der Waals surface area contributed by atoms with E-state index < -0.39 is 11.6 Å². The summed E-state index contributed by atoms with van der Waals surface area (Å²) < 4.78 is 31.5. The molecule has 1 aromatic carbocycles. The van der Waals surface area contributed by atoms with Gasteiger partial charge < -0.3 is 9.73 Å². The summed E-state index contributed by atoms with van der Waals surface area (Å²) in [7, 11) is 0. The molecule has 0 saturated heterocycles. The molecule has 0 amide bonds. The third-order valence-corrected chi connectivity index (χ3v) is 2.33. The summed E-state index contributed by atoms with van der Waals surface area (Å²) in [6.07, 6.45) is 0.994. The fourth-order valence-electron chi connectivity index (χ4n) is 1.47. The molecule has 96 valence electrons. The molecule has 18 heavy (non-hydrogen) atoms. The zero-order valence-electron chi connectivity index (χ0n) is 9.91. The van der Waals surface area contributed by atoms with E-state index in [0.29, 0.717) is 12.4 Å². The first-order chi connectivity index (χ1) is 8.70. The first kappa shape index (κ1) is 12.6. The van der Waals surface area contributed by atoms with E-state index in [1.165, 1.54) is 6.07 Å². The number of rotatable bonds is 5. The zero-order chi connectivity index (χ0) is 13.0. The molecule has 0 aliphatic rings. The topological polar surface area (TPSA) is 51.0 Å². The molecule has 0 aliphatic heterocycles. The van der Waals surface area contributed by atoms with Gasteiger partial charge in [0.05, 0.1) is 12.1 Å². The fraction of sp³-hybridized carbons (Fsp3) is 0.333. The number of halogens is 2. The van der Waals surface area contributed by atoms with Crippen LogP contribution in [0.4, 0.5) is 8.78 Å². The van der Waals surface area contributed by atoms with Gasteiger partial charge in [-0.05, 0) is 25.1 Å². The highest BCUT2D eigenvalue weighted by atomic mass is 19.1. The van der Waals surface area contributed by atoms with Crippen molar-refractivity contribution in [1.82, 2.24) is 15.5 Å². The Hall–Kier alpha value is -1.82. The minimum absolute atomic E-state index is 0.0563. The standard InChI is InChI=1S/C12H13F2N3O/c1-2-5-15-7-11-16-17-12(18-11)9-4-3-8(13)6-10(9)14/h3-4,6,15H,2,5,7H2,1H3. The second-order valence-electron chi connectivity index (χ2n) is 3.80. The first-order valence-electron chi connectivity index (χ1n) is 5.69. The number of nitrogens with zero attached hydrogens (tertiary/aromatic N) is 2. The van der Waals surface area contributed by atoms with Crippen molar-refractivity contribution >= 4 is 0 Å².